The summed E-state index contributed by atoms with van der Waals surface area (Å²) >= 11 is 0. The fourth-order valence-corrected chi connectivity index (χ4v) is 2.40. The van der Waals surface area contributed by atoms with Crippen molar-refractivity contribution >= 4 is 0 Å². The van der Waals surface area contributed by atoms with E-state index in [-0.39, 0.29) is 0 Å². The van der Waals surface area contributed by atoms with E-state index in [0.717, 1.165) is 18.3 Å². The lowest BCUT2D eigenvalue weighted by atomic mass is 9.91. The first-order chi connectivity index (χ1) is 8.74. The quantitative estimate of drug-likeness (QED) is 0.862. The second-order valence-corrected chi connectivity index (χ2v) is 5.75. The predicted octanol–water partition coefficient (Wildman–Crippen LogP) is 3.26. The number of nitrogens with one attached hydrogen (secondary N) is 1. The molecule has 0 unspecified atom stereocenters. The lowest BCUT2D eigenvalue weighted by molar-refractivity contribution is 0.271. The molecule has 2 nitrogen and oxygen atoms in total. The van der Waals surface area contributed by atoms with Crippen molar-refractivity contribution in [1.29, 1.82) is 0 Å². The SMILES string of the molecule is CC(C)COc1ccc(CC2CCNCC2)cc1. The zero-order valence-corrected chi connectivity index (χ0v) is 11.6. The van der Waals surface area contributed by atoms with Gasteiger partial charge in [0.15, 0.2) is 0 Å². The van der Waals surface area contributed by atoms with Crippen molar-refractivity contribution in [3.05, 3.63) is 29.8 Å². The molecule has 1 fully saturated rings. The maximum Gasteiger partial charge on any atom is 0.119 e. The van der Waals surface area contributed by atoms with Crippen molar-refractivity contribution in [2.75, 3.05) is 19.7 Å². The Bertz CT molecular complexity index is 339. The standard InChI is InChI=1S/C16H25NO/c1-13(2)12-18-16-5-3-14(4-6-16)11-15-7-9-17-10-8-15/h3-6,13,15,17H,7-12H2,1-2H3. The number of benzene rings is 1. The Morgan fingerprint density at radius 1 is 1.17 bits per heavy atom. The summed E-state index contributed by atoms with van der Waals surface area (Å²) in [5.41, 5.74) is 1.44. The predicted molar refractivity (Wildman–Crippen MR) is 76.1 cm³/mol. The van der Waals surface area contributed by atoms with Gasteiger partial charge >= 0.3 is 0 Å². The fraction of sp³-hybridized carbons (Fsp3) is 0.625. The van der Waals surface area contributed by atoms with Gasteiger partial charge in [0.2, 0.25) is 0 Å². The van der Waals surface area contributed by atoms with Crippen molar-refractivity contribution in [1.82, 2.24) is 5.32 Å². The van der Waals surface area contributed by atoms with Gasteiger partial charge in [0.1, 0.15) is 5.75 Å². The van der Waals surface area contributed by atoms with E-state index in [0.29, 0.717) is 5.92 Å². The fourth-order valence-electron chi connectivity index (χ4n) is 2.40. The highest BCUT2D eigenvalue weighted by molar-refractivity contribution is 5.27. The number of hydrogen-bond acceptors (Lipinski definition) is 2. The van der Waals surface area contributed by atoms with Crippen molar-refractivity contribution in [3.8, 4) is 5.75 Å². The van der Waals surface area contributed by atoms with Crippen molar-refractivity contribution < 1.29 is 4.74 Å². The van der Waals surface area contributed by atoms with Crippen LogP contribution in [0.1, 0.15) is 32.3 Å². The molecule has 18 heavy (non-hydrogen) atoms. The average Bonchev–Trinajstić information content (AvgIpc) is 2.39. The van der Waals surface area contributed by atoms with E-state index in [4.69, 9.17) is 4.74 Å². The zero-order valence-electron chi connectivity index (χ0n) is 11.6. The van der Waals surface area contributed by atoms with Gasteiger partial charge in [0, 0.05) is 0 Å². The molecule has 1 N–H and O–H groups in total. The van der Waals surface area contributed by atoms with E-state index in [2.05, 4.69) is 43.4 Å². The molecule has 1 aliphatic rings. The van der Waals surface area contributed by atoms with Crippen molar-refractivity contribution in [2.45, 2.75) is 33.1 Å². The third kappa shape index (κ3) is 4.34. The maximum atomic E-state index is 5.70. The molecule has 0 aliphatic carbocycles. The highest BCUT2D eigenvalue weighted by Crippen LogP contribution is 2.20. The molecule has 0 bridgehead atoms. The summed E-state index contributed by atoms with van der Waals surface area (Å²) in [4.78, 5) is 0. The van der Waals surface area contributed by atoms with Crippen LogP contribution in [0.15, 0.2) is 24.3 Å². The van der Waals surface area contributed by atoms with Gasteiger partial charge in [-0.2, -0.15) is 0 Å². The first-order valence-corrected chi connectivity index (χ1v) is 7.16. The van der Waals surface area contributed by atoms with Crippen LogP contribution in [-0.2, 0) is 6.42 Å². The molecule has 2 rings (SSSR count). The summed E-state index contributed by atoms with van der Waals surface area (Å²) in [6.07, 6.45) is 3.84. The van der Waals surface area contributed by atoms with Crippen LogP contribution in [0.5, 0.6) is 5.75 Å². The second-order valence-electron chi connectivity index (χ2n) is 5.75. The van der Waals surface area contributed by atoms with E-state index >= 15 is 0 Å². The van der Waals surface area contributed by atoms with Gasteiger partial charge in [-0.05, 0) is 61.9 Å². The molecule has 0 radical (unpaired) electrons. The monoisotopic (exact) mass is 247 g/mol. The summed E-state index contributed by atoms with van der Waals surface area (Å²) in [6.45, 7) is 7.51. The number of piperidine rings is 1. The summed E-state index contributed by atoms with van der Waals surface area (Å²) in [6, 6.07) is 8.66. The Morgan fingerprint density at radius 2 is 1.83 bits per heavy atom. The van der Waals surface area contributed by atoms with Gasteiger partial charge in [0.25, 0.3) is 0 Å². The van der Waals surface area contributed by atoms with Gasteiger partial charge in [-0.1, -0.05) is 26.0 Å². The molecule has 2 heteroatoms. The van der Waals surface area contributed by atoms with Crippen LogP contribution in [0.2, 0.25) is 0 Å². The number of rotatable bonds is 5. The van der Waals surface area contributed by atoms with Crippen molar-refractivity contribution in [2.24, 2.45) is 11.8 Å². The maximum absolute atomic E-state index is 5.70. The van der Waals surface area contributed by atoms with E-state index in [1.807, 2.05) is 0 Å². The van der Waals surface area contributed by atoms with Crippen molar-refractivity contribution in [3.63, 3.8) is 0 Å². The highest BCUT2D eigenvalue weighted by atomic mass is 16.5. The van der Waals surface area contributed by atoms with E-state index < -0.39 is 0 Å². The number of ether oxygens (including phenoxy) is 1. The molecule has 0 aromatic heterocycles. The van der Waals surface area contributed by atoms with Crippen LogP contribution in [0, 0.1) is 11.8 Å². The topological polar surface area (TPSA) is 21.3 Å². The van der Waals surface area contributed by atoms with Gasteiger partial charge in [-0.25, -0.2) is 0 Å². The Kier molecular flexibility index (Phi) is 5.06. The summed E-state index contributed by atoms with van der Waals surface area (Å²) < 4.78 is 5.70. The Morgan fingerprint density at radius 3 is 2.44 bits per heavy atom. The summed E-state index contributed by atoms with van der Waals surface area (Å²) in [5, 5.41) is 3.42. The largest absolute Gasteiger partial charge is 0.493 e. The van der Waals surface area contributed by atoms with E-state index in [1.165, 1.54) is 37.9 Å². The molecule has 1 heterocycles. The minimum Gasteiger partial charge on any atom is -0.493 e. The van der Waals surface area contributed by atoms with Gasteiger partial charge in [-0.15, -0.1) is 0 Å². The molecule has 1 aliphatic heterocycles. The molecular weight excluding hydrogens is 222 g/mol. The first-order valence-electron chi connectivity index (χ1n) is 7.16. The molecule has 1 saturated heterocycles. The molecule has 0 saturated carbocycles. The summed E-state index contributed by atoms with van der Waals surface area (Å²) in [7, 11) is 0. The molecule has 1 aromatic rings. The molecule has 100 valence electrons. The highest BCUT2D eigenvalue weighted by Gasteiger charge is 2.13. The Hall–Kier alpha value is -1.02. The Labute approximate surface area is 111 Å². The molecule has 0 atom stereocenters. The first kappa shape index (κ1) is 13.4. The average molecular weight is 247 g/mol. The van der Waals surface area contributed by atoms with Crippen LogP contribution >= 0.6 is 0 Å². The molecule has 0 amide bonds. The lowest BCUT2D eigenvalue weighted by Crippen LogP contribution is -2.28. The minimum absolute atomic E-state index is 0.583. The van der Waals surface area contributed by atoms with Crippen LogP contribution in [0.4, 0.5) is 0 Å². The van der Waals surface area contributed by atoms with Gasteiger partial charge in [0.05, 0.1) is 6.61 Å². The molecular formula is C16H25NO. The van der Waals surface area contributed by atoms with Crippen LogP contribution in [0.25, 0.3) is 0 Å². The third-order valence-corrected chi connectivity index (χ3v) is 3.49. The normalized spacial score (nSPS) is 17.1. The number of hydrogen-bond donors (Lipinski definition) is 1. The van der Waals surface area contributed by atoms with E-state index in [9.17, 15) is 0 Å². The molecule has 1 aromatic carbocycles. The van der Waals surface area contributed by atoms with Crippen LogP contribution < -0.4 is 10.1 Å². The molecule has 0 spiro atoms. The summed E-state index contributed by atoms with van der Waals surface area (Å²) in [5.74, 6) is 2.44. The Balaban J connectivity index is 1.83. The van der Waals surface area contributed by atoms with Gasteiger partial charge in [-0.3, -0.25) is 0 Å². The second kappa shape index (κ2) is 6.79. The lowest BCUT2D eigenvalue weighted by Gasteiger charge is -2.22. The van der Waals surface area contributed by atoms with Gasteiger partial charge < -0.3 is 10.1 Å². The van der Waals surface area contributed by atoms with Crippen LogP contribution in [0.3, 0.4) is 0 Å². The van der Waals surface area contributed by atoms with E-state index in [1.54, 1.807) is 0 Å². The third-order valence-electron chi connectivity index (χ3n) is 3.49. The minimum atomic E-state index is 0.583. The zero-order chi connectivity index (χ0) is 12.8. The van der Waals surface area contributed by atoms with Crippen LogP contribution in [-0.4, -0.2) is 19.7 Å². The smallest absolute Gasteiger partial charge is 0.119 e.